The lowest BCUT2D eigenvalue weighted by Crippen LogP contribution is -2.68. The van der Waals surface area contributed by atoms with Crippen LogP contribution in [0.5, 0.6) is 0 Å². The first-order chi connectivity index (χ1) is 46.9. The third kappa shape index (κ3) is 16.2. The maximum atomic E-state index is 13.5. The number of nitrogens with one attached hydrogen (secondary N) is 2. The molecular weight excluding hydrogens is 1330 g/mol. The van der Waals surface area contributed by atoms with E-state index in [-0.39, 0.29) is 18.7 Å². The number of carbonyl (C=O) groups excluding carboxylic acids is 2. The van der Waals surface area contributed by atoms with Gasteiger partial charge < -0.3 is 179 Å². The second-order valence-electron chi connectivity index (χ2n) is 24.6. The van der Waals surface area contributed by atoms with Gasteiger partial charge in [-0.05, 0) is 11.6 Å². The highest BCUT2D eigenvalue weighted by atomic mass is 16.8. The molecule has 41 nitrogen and oxygen atoms in total. The average Bonchev–Trinajstić information content (AvgIpc) is 0.902. The quantitative estimate of drug-likeness (QED) is 0.0736. The minimum Gasteiger partial charge on any atom is -0.394 e. The Bertz CT molecular complexity index is 2850. The molecule has 22 heterocycles. The van der Waals surface area contributed by atoms with Crippen LogP contribution in [0.4, 0.5) is 0 Å². The lowest BCUT2D eigenvalue weighted by Gasteiger charge is -2.50. The Balaban J connectivity index is 0.936. The number of aliphatic hydroxyl groups is 20. The Hall–Kier alpha value is -4.32. The summed E-state index contributed by atoms with van der Waals surface area (Å²) in [6.07, 6.45) is -69.7. The van der Waals surface area contributed by atoms with E-state index >= 15 is 0 Å². The van der Waals surface area contributed by atoms with Crippen molar-refractivity contribution in [3.8, 4) is 0 Å². The van der Waals surface area contributed by atoms with Crippen LogP contribution >= 0.6 is 0 Å². The number of carbonyl (C=O) groups is 2. The van der Waals surface area contributed by atoms with Crippen LogP contribution in [-0.2, 0) is 95.4 Å². The molecule has 41 heteroatoms. The van der Waals surface area contributed by atoms with Gasteiger partial charge in [-0.15, -0.1) is 5.10 Å². The van der Waals surface area contributed by atoms with Gasteiger partial charge in [-0.1, -0.05) is 42.1 Å². The smallest absolute Gasteiger partial charge is 0.244 e. The SMILES string of the molecule is C=CC(=O)N[C@@H](Cc1ccccc1)C(=O)NCc1cn(C[C@H]2O[C@@H]3O[C@H]4[C@H](O)[C@@H](O)[C@@H](O[C@H]5[C@H](O)[C@@H](O)[C@@H](O[C@H]6[C@H](O)[C@@H](O)[C@@H](O[C@H]7[C@H](O)[C@@H](O)[C@@H](O[C@H]8[C@H](O)[C@@H](O)[C@@H](O[C@H]9[C@H](O)[C@@H](O)[C@@H](O[C@H]2[C@H](O)[C@H]3O)O[C@@H]9CO)O[C@@H]8CO)O[C@@H]7CO)O[C@@H]6CO)O[C@@H]5CO)O[C@@H]4CO)nn1. The molecule has 2 aromatic rings. The Kier molecular flexibility index (Phi) is 26.0. The first kappa shape index (κ1) is 76.3. The molecule has 0 saturated carbocycles. The van der Waals surface area contributed by atoms with E-state index in [2.05, 4.69) is 27.5 Å². The van der Waals surface area contributed by atoms with Gasteiger partial charge in [0.2, 0.25) is 11.8 Å². The summed E-state index contributed by atoms with van der Waals surface area (Å²) in [5.41, 5.74) is 0.784. The van der Waals surface area contributed by atoms with Gasteiger partial charge in [0, 0.05) is 6.42 Å². The highest BCUT2D eigenvalue weighted by molar-refractivity contribution is 5.92. The number of aliphatic hydroxyl groups excluding tert-OH is 20. The molecule has 1 aromatic heterocycles. The lowest BCUT2D eigenvalue weighted by atomic mass is 9.95. The van der Waals surface area contributed by atoms with Crippen LogP contribution in [0, 0.1) is 0 Å². The van der Waals surface area contributed by atoms with Crippen LogP contribution in [0.15, 0.2) is 49.2 Å². The number of benzene rings is 1. The van der Waals surface area contributed by atoms with Crippen molar-refractivity contribution < 1.29 is 178 Å². The van der Waals surface area contributed by atoms with E-state index in [1.807, 2.05) is 0 Å². The second kappa shape index (κ2) is 33.4. The molecule has 21 aliphatic heterocycles. The van der Waals surface area contributed by atoms with Crippen LogP contribution < -0.4 is 10.6 Å². The summed E-state index contributed by atoms with van der Waals surface area (Å²) in [4.78, 5) is 25.9. The molecule has 1 aromatic carbocycles. The second-order valence-corrected chi connectivity index (χ2v) is 24.6. The monoisotopic (exact) mass is 1420 g/mol. The molecule has 0 aliphatic carbocycles. The maximum absolute atomic E-state index is 13.5. The molecule has 0 unspecified atom stereocenters. The summed E-state index contributed by atoms with van der Waals surface area (Å²) in [5, 5.41) is 239. The zero-order chi connectivity index (χ0) is 70.7. The molecule has 14 bridgehead atoms. The molecule has 0 spiro atoms. The molecular formula is C57H85N5O36. The molecule has 21 aliphatic rings. The van der Waals surface area contributed by atoms with Gasteiger partial charge in [0.1, 0.15) is 183 Å². The highest BCUT2D eigenvalue weighted by Crippen LogP contribution is 2.39. The summed E-state index contributed by atoms with van der Waals surface area (Å²) in [6, 6.07) is 7.64. The van der Waals surface area contributed by atoms with Gasteiger partial charge in [-0.25, -0.2) is 4.68 Å². The molecule has 0 radical (unpaired) electrons. The first-order valence-electron chi connectivity index (χ1n) is 31.4. The van der Waals surface area contributed by atoms with E-state index in [4.69, 9.17) is 66.3 Å². The predicted octanol–water partition coefficient (Wildman–Crippen LogP) is -14.4. The minimum atomic E-state index is -2.29. The largest absolute Gasteiger partial charge is 0.394 e. The van der Waals surface area contributed by atoms with Gasteiger partial charge in [0.25, 0.3) is 0 Å². The fourth-order valence-corrected chi connectivity index (χ4v) is 12.7. The summed E-state index contributed by atoms with van der Waals surface area (Å²) < 4.78 is 82.8. The molecule has 2 amide bonds. The Morgan fingerprint density at radius 2 is 0.694 bits per heavy atom. The van der Waals surface area contributed by atoms with Gasteiger partial charge in [0.05, 0.1) is 58.9 Å². The van der Waals surface area contributed by atoms with Crippen LogP contribution in [0.3, 0.4) is 0 Å². The number of hydrogen-bond acceptors (Lipinski definition) is 38. The van der Waals surface area contributed by atoms with Crippen molar-refractivity contribution in [3.63, 3.8) is 0 Å². The Labute approximate surface area is 554 Å². The lowest BCUT2D eigenvalue weighted by molar-refractivity contribution is -0.396. The normalized spacial score (nSPS) is 46.1. The topological polar surface area (TPSA) is 623 Å². The van der Waals surface area contributed by atoms with E-state index in [9.17, 15) is 112 Å². The molecule has 23 rings (SSSR count). The van der Waals surface area contributed by atoms with Crippen molar-refractivity contribution >= 4 is 11.8 Å². The number of amides is 2. The average molecular weight is 1420 g/mol. The zero-order valence-corrected chi connectivity index (χ0v) is 51.7. The summed E-state index contributed by atoms with van der Waals surface area (Å²) in [6.45, 7) is -3.94. The van der Waals surface area contributed by atoms with Gasteiger partial charge in [-0.3, -0.25) is 9.59 Å². The van der Waals surface area contributed by atoms with Crippen molar-refractivity contribution in [2.45, 2.75) is 240 Å². The van der Waals surface area contributed by atoms with Crippen molar-refractivity contribution in [1.82, 2.24) is 25.6 Å². The first-order valence-corrected chi connectivity index (χ1v) is 31.4. The van der Waals surface area contributed by atoms with Crippen molar-refractivity contribution in [2.24, 2.45) is 0 Å². The molecule has 98 heavy (non-hydrogen) atoms. The molecule has 22 N–H and O–H groups in total. The van der Waals surface area contributed by atoms with E-state index in [0.29, 0.717) is 5.56 Å². The highest BCUT2D eigenvalue weighted by Gasteiger charge is 2.60. The third-order valence-electron chi connectivity index (χ3n) is 18.1. The van der Waals surface area contributed by atoms with E-state index < -0.39 is 279 Å². The summed E-state index contributed by atoms with van der Waals surface area (Å²) in [5.74, 6) is -1.29. The fraction of sp³-hybridized carbons (Fsp3) is 0.789. The third-order valence-corrected chi connectivity index (χ3v) is 18.1. The molecule has 21 fully saturated rings. The predicted molar refractivity (Wildman–Crippen MR) is 305 cm³/mol. The summed E-state index contributed by atoms with van der Waals surface area (Å²) >= 11 is 0. The number of nitrogens with zero attached hydrogens (tertiary/aromatic N) is 3. The number of aromatic nitrogens is 3. The van der Waals surface area contributed by atoms with Crippen molar-refractivity contribution in [2.75, 3.05) is 39.6 Å². The van der Waals surface area contributed by atoms with Gasteiger partial charge in [0.15, 0.2) is 44.0 Å². The van der Waals surface area contributed by atoms with Crippen molar-refractivity contribution in [1.29, 1.82) is 0 Å². The Morgan fingerprint density at radius 3 is 0.969 bits per heavy atom. The van der Waals surface area contributed by atoms with E-state index in [0.717, 1.165) is 10.8 Å². The molecule has 554 valence electrons. The van der Waals surface area contributed by atoms with E-state index in [1.54, 1.807) is 30.3 Å². The van der Waals surface area contributed by atoms with Crippen LogP contribution in [-0.4, -0.2) is 390 Å². The maximum Gasteiger partial charge on any atom is 0.244 e. The summed E-state index contributed by atoms with van der Waals surface area (Å²) in [7, 11) is 0. The fourth-order valence-electron chi connectivity index (χ4n) is 12.7. The van der Waals surface area contributed by atoms with Crippen LogP contribution in [0.25, 0.3) is 0 Å². The van der Waals surface area contributed by atoms with Crippen molar-refractivity contribution in [3.05, 3.63) is 60.4 Å². The molecule has 36 atom stereocenters. The van der Waals surface area contributed by atoms with Crippen LogP contribution in [0.1, 0.15) is 11.3 Å². The van der Waals surface area contributed by atoms with Gasteiger partial charge in [-0.2, -0.15) is 0 Å². The minimum absolute atomic E-state index is 0.0719. The standard InChI is InChI=1S/C57H85N5O36/c1-2-28(69)59-20(8-18-6-4-3-5-7-18)50(84)58-9-19-10-62(61-60-19)11-21-43-29(70)36(77)51(85-21)93-44-22(12-63)87-53(38(79)31(44)72)95-46-24(14-65)89-55(40(81)33(46)74)97-48-26(16-67)91-57(42(83)35(48)76)98-49-27(17-68)90-56(41(82)34(49)75)96-47-25(15-66)88-54(39(80)32(47)73)94-45-23(13-64)86-52(92-43)37(78)30(45)71/h2-7,10,20-27,29-49,51-57,63-68,70-83H,1,8-9,11-17H2,(H,58,84)(H,59,69)/t20-,21+,22+,23+,24+,25+,26+,27+,29+,30+,31+,32+,33+,34+,35+,36+,37+,38+,39+,40+,41+,42+,43+,44+,45+,46+,47+,48+,49+,51+,52+,53+,54+,55+,56+,57+/m0/s1. The van der Waals surface area contributed by atoms with Gasteiger partial charge >= 0.3 is 0 Å². The van der Waals surface area contributed by atoms with E-state index in [1.165, 1.54) is 6.20 Å². The number of rotatable bonds is 15. The van der Waals surface area contributed by atoms with Crippen LogP contribution in [0.2, 0.25) is 0 Å². The molecule has 21 saturated heterocycles. The zero-order valence-electron chi connectivity index (χ0n) is 51.7. The Morgan fingerprint density at radius 1 is 0.418 bits per heavy atom. The number of hydrogen-bond donors (Lipinski definition) is 22. The number of ether oxygens (including phenoxy) is 14.